The van der Waals surface area contributed by atoms with Crippen molar-refractivity contribution in [2.75, 3.05) is 14.2 Å². The zero-order valence-electron chi connectivity index (χ0n) is 43.8. The topological polar surface area (TPSA) is 110 Å². The van der Waals surface area contributed by atoms with Gasteiger partial charge in [-0.15, -0.1) is 0 Å². The van der Waals surface area contributed by atoms with Crippen molar-refractivity contribution in [3.63, 3.8) is 0 Å². The van der Waals surface area contributed by atoms with Crippen LogP contribution in [0.2, 0.25) is 0 Å². The third kappa shape index (κ3) is 7.48. The average Bonchev–Trinajstić information content (AvgIpc) is 4.45. The van der Waals surface area contributed by atoms with Crippen molar-refractivity contribution in [2.45, 2.75) is 64.2 Å². The Hall–Kier alpha value is -8.88. The van der Waals surface area contributed by atoms with E-state index in [0.29, 0.717) is 28.2 Å². The second-order valence-electron chi connectivity index (χ2n) is 21.6. The van der Waals surface area contributed by atoms with Crippen molar-refractivity contribution in [1.82, 2.24) is 19.9 Å². The van der Waals surface area contributed by atoms with Crippen LogP contribution in [0.5, 0.6) is 11.5 Å². The number of methoxy groups -OCH3 is 2. The van der Waals surface area contributed by atoms with Gasteiger partial charge in [-0.05, 0) is 153 Å². The van der Waals surface area contributed by atoms with E-state index in [-0.39, 0.29) is 23.4 Å². The molecular weight excluding hydrogens is 949 g/mol. The number of carbonyl (C=O) groups excluding carboxylic acids is 2. The molecule has 5 aromatic carbocycles. The molecule has 0 radical (unpaired) electrons. The number of hydrogen-bond donors (Lipinski definition) is 2. The van der Waals surface area contributed by atoms with Gasteiger partial charge in [-0.2, -0.15) is 0 Å². The Morgan fingerprint density at radius 2 is 0.844 bits per heavy atom. The molecule has 2 unspecified atom stereocenters. The van der Waals surface area contributed by atoms with E-state index < -0.39 is 11.8 Å². The molecule has 5 heterocycles. The summed E-state index contributed by atoms with van der Waals surface area (Å²) < 4.78 is 12.0. The first kappa shape index (κ1) is 46.6. The van der Waals surface area contributed by atoms with E-state index in [2.05, 4.69) is 164 Å². The van der Waals surface area contributed by atoms with Crippen molar-refractivity contribution in [1.29, 1.82) is 0 Å². The number of aromatic amines is 2. The molecule has 0 spiro atoms. The molecular formula is C69H56N4O4. The molecule has 8 aromatic rings. The molecule has 0 amide bonds. The fourth-order valence-corrected chi connectivity index (χ4v) is 13.5. The molecule has 376 valence electrons. The van der Waals surface area contributed by atoms with Crippen LogP contribution in [-0.4, -0.2) is 45.7 Å². The van der Waals surface area contributed by atoms with Crippen LogP contribution in [0.3, 0.4) is 0 Å². The number of fused-ring (bicyclic) bond motifs is 8. The second kappa shape index (κ2) is 18.2. The Labute approximate surface area is 447 Å². The maximum atomic E-state index is 15.4. The number of aryl methyl sites for hydroxylation is 3. The maximum Gasteiger partial charge on any atom is 0.186 e. The number of carbonyl (C=O) groups is 2. The Kier molecular flexibility index (Phi) is 11.0. The predicted molar refractivity (Wildman–Crippen MR) is 309 cm³/mol. The molecule has 77 heavy (non-hydrogen) atoms. The number of nitrogens with one attached hydrogen (secondary N) is 2. The summed E-state index contributed by atoms with van der Waals surface area (Å²) in [5.74, 6) is 0.436. The van der Waals surface area contributed by atoms with Crippen molar-refractivity contribution in [2.24, 2.45) is 5.92 Å². The van der Waals surface area contributed by atoms with Gasteiger partial charge in [-0.3, -0.25) is 9.59 Å². The van der Waals surface area contributed by atoms with E-state index in [4.69, 9.17) is 19.4 Å². The molecule has 0 saturated heterocycles. The number of Topliss-reactive ketones (excluding diaryl/α,β-unsaturated/α-hetero) is 1. The van der Waals surface area contributed by atoms with Crippen LogP contribution >= 0.6 is 0 Å². The summed E-state index contributed by atoms with van der Waals surface area (Å²) in [6.45, 7) is 6.35. The lowest BCUT2D eigenvalue weighted by molar-refractivity contribution is -0.116. The van der Waals surface area contributed by atoms with Gasteiger partial charge in [0.25, 0.3) is 0 Å². The highest BCUT2D eigenvalue weighted by atomic mass is 16.5. The summed E-state index contributed by atoms with van der Waals surface area (Å²) in [7, 11) is 3.33. The summed E-state index contributed by atoms with van der Waals surface area (Å²) in [4.78, 5) is 49.1. The van der Waals surface area contributed by atoms with E-state index in [1.54, 1.807) is 20.3 Å². The highest BCUT2D eigenvalue weighted by Crippen LogP contribution is 2.62. The van der Waals surface area contributed by atoms with Crippen molar-refractivity contribution < 1.29 is 19.1 Å². The largest absolute Gasteiger partial charge is 0.496 e. The summed E-state index contributed by atoms with van der Waals surface area (Å²) in [6.07, 6.45) is 13.4. The molecule has 8 nitrogen and oxygen atoms in total. The highest BCUT2D eigenvalue weighted by molar-refractivity contribution is 6.26. The Morgan fingerprint density at radius 1 is 0.442 bits per heavy atom. The number of nitrogens with zero attached hydrogens (tertiary/aromatic N) is 2. The molecule has 3 aromatic heterocycles. The van der Waals surface area contributed by atoms with Crippen LogP contribution in [0.15, 0.2) is 156 Å². The van der Waals surface area contributed by atoms with E-state index in [1.165, 1.54) is 16.7 Å². The lowest BCUT2D eigenvalue weighted by Gasteiger charge is -2.45. The fraction of sp³-hybridized carbons (Fsp3) is 0.188. The first-order valence-corrected chi connectivity index (χ1v) is 26.9. The second-order valence-corrected chi connectivity index (χ2v) is 21.6. The van der Waals surface area contributed by atoms with Crippen LogP contribution in [0.1, 0.15) is 111 Å². The molecule has 8 heteroatoms. The van der Waals surface area contributed by atoms with Gasteiger partial charge in [0.2, 0.25) is 0 Å². The van der Waals surface area contributed by atoms with Crippen molar-refractivity contribution >= 4 is 57.9 Å². The Morgan fingerprint density at radius 3 is 1.31 bits per heavy atom. The number of ether oxygens (including phenoxy) is 2. The third-order valence-electron chi connectivity index (χ3n) is 17.2. The third-order valence-corrected chi connectivity index (χ3v) is 17.2. The molecule has 5 aliphatic carbocycles. The minimum atomic E-state index is -0.444. The Bertz CT molecular complexity index is 4090. The van der Waals surface area contributed by atoms with Gasteiger partial charge in [0.15, 0.2) is 11.6 Å². The van der Waals surface area contributed by atoms with Gasteiger partial charge >= 0.3 is 0 Å². The van der Waals surface area contributed by atoms with E-state index in [1.807, 2.05) is 24.3 Å². The number of ketones is 2. The first-order valence-electron chi connectivity index (χ1n) is 26.9. The molecule has 1 fully saturated rings. The van der Waals surface area contributed by atoms with Gasteiger partial charge in [0.1, 0.15) is 11.5 Å². The molecule has 15 rings (SSSR count). The molecule has 2 N–H and O–H groups in total. The minimum Gasteiger partial charge on any atom is -0.496 e. The highest BCUT2D eigenvalue weighted by Gasteiger charge is 2.52. The van der Waals surface area contributed by atoms with Gasteiger partial charge in [0.05, 0.1) is 37.0 Å². The molecule has 1 saturated carbocycles. The SMILES string of the molecule is COc1ccc(OC)c2c1C1C3=C(C(=O)C(C4CCC(c5c6nc(c(-c7ccc(C)cc7)c7ccc([nH]7)c(-c7ccc(C)cc7)c7nc(c(-c8ccc(C)cc8)c8ccc5[nH]8)C=C7)C=C6)CC4)=CC3=O)C2c2ccccc21. The molecule has 10 bridgehead atoms. The number of allylic oxidation sites excluding steroid dienone is 4. The first-order chi connectivity index (χ1) is 37.6. The fourth-order valence-electron chi connectivity index (χ4n) is 13.5. The van der Waals surface area contributed by atoms with Crippen LogP contribution in [0.4, 0.5) is 0 Å². The maximum absolute atomic E-state index is 15.4. The summed E-state index contributed by atoms with van der Waals surface area (Å²) in [5.41, 5.74) is 24.1. The van der Waals surface area contributed by atoms with Gasteiger partial charge in [-0.25, -0.2) is 9.97 Å². The Balaban J connectivity index is 0.911. The van der Waals surface area contributed by atoms with Crippen LogP contribution in [0.25, 0.3) is 79.8 Å². The number of H-pyrrole nitrogens is 2. The summed E-state index contributed by atoms with van der Waals surface area (Å²) in [5, 5.41) is 0. The number of hydrogen-bond acceptors (Lipinski definition) is 6. The monoisotopic (exact) mass is 1000 g/mol. The molecule has 2 atom stereocenters. The lowest BCUT2D eigenvalue weighted by atomic mass is 9.56. The quantitative estimate of drug-likeness (QED) is 0.154. The summed E-state index contributed by atoms with van der Waals surface area (Å²) in [6, 6.07) is 46.9. The zero-order valence-corrected chi connectivity index (χ0v) is 43.8. The summed E-state index contributed by atoms with van der Waals surface area (Å²) >= 11 is 0. The standard InChI is InChI=1S/C69H56N4O4/c1-37-10-16-41(17-11-37)59-48-26-28-50(70-48)60(42-18-12-38(2)13-19-42)52-30-32-54(72-52)62(55-33-31-53(73-55)61(51-29-27-49(59)71-51)43-20-14-39(3)15-21-43)44-24-22-40(23-25-44)47-36-56(74)65-63-45-8-6-7-9-46(45)64(68(65)69(47)75)67-58(77-5)35-34-57(76-4)66(63)67/h6-21,26-36,40,44,63-64,70,73H,22-25H2,1-5H3. The minimum absolute atomic E-state index is 0.0181. The van der Waals surface area contributed by atoms with E-state index >= 15 is 4.79 Å². The van der Waals surface area contributed by atoms with E-state index in [0.717, 1.165) is 132 Å². The zero-order chi connectivity index (χ0) is 52.2. The van der Waals surface area contributed by atoms with Crippen molar-refractivity contribution in [3.05, 3.63) is 224 Å². The van der Waals surface area contributed by atoms with Gasteiger partial charge < -0.3 is 19.4 Å². The van der Waals surface area contributed by atoms with Crippen LogP contribution in [0, 0.1) is 26.7 Å². The number of benzene rings is 5. The van der Waals surface area contributed by atoms with Crippen LogP contribution in [-0.2, 0) is 9.59 Å². The van der Waals surface area contributed by atoms with Gasteiger partial charge in [0, 0.05) is 84.0 Å². The molecule has 2 aliphatic heterocycles. The smallest absolute Gasteiger partial charge is 0.186 e. The predicted octanol–water partition coefficient (Wildman–Crippen LogP) is 15.5. The molecule has 7 aliphatic rings. The number of rotatable bonds is 7. The normalized spacial score (nSPS) is 19.0. The number of aromatic nitrogens is 4. The average molecular weight is 1010 g/mol. The van der Waals surface area contributed by atoms with Crippen LogP contribution < -0.4 is 9.47 Å². The van der Waals surface area contributed by atoms with Gasteiger partial charge in [-0.1, -0.05) is 114 Å². The van der Waals surface area contributed by atoms with E-state index in [9.17, 15) is 4.79 Å². The van der Waals surface area contributed by atoms with Crippen molar-refractivity contribution in [3.8, 4) is 44.9 Å². The lowest BCUT2D eigenvalue weighted by Crippen LogP contribution is -2.38.